The van der Waals surface area contributed by atoms with Crippen LogP contribution in [0.5, 0.6) is 0 Å². The van der Waals surface area contributed by atoms with Gasteiger partial charge in [-0.15, -0.1) is 11.3 Å². The fourth-order valence-electron chi connectivity index (χ4n) is 3.36. The van der Waals surface area contributed by atoms with E-state index < -0.39 is 35.1 Å². The van der Waals surface area contributed by atoms with E-state index in [-0.39, 0.29) is 29.9 Å². The largest absolute Gasteiger partial charge is 0.477 e. The smallest absolute Gasteiger partial charge is 0.395 e. The summed E-state index contributed by atoms with van der Waals surface area (Å²) in [7, 11) is 0. The molecule has 0 aromatic carbocycles. The van der Waals surface area contributed by atoms with Crippen molar-refractivity contribution in [3.05, 3.63) is 45.7 Å². The van der Waals surface area contributed by atoms with E-state index in [1.807, 2.05) is 0 Å². The Labute approximate surface area is 165 Å². The number of anilines is 1. The molecule has 0 spiro atoms. The van der Waals surface area contributed by atoms with Gasteiger partial charge in [0.15, 0.2) is 10.8 Å². The Morgan fingerprint density at radius 2 is 2.07 bits per heavy atom. The third-order valence-corrected chi connectivity index (χ3v) is 5.57. The zero-order chi connectivity index (χ0) is 20.9. The van der Waals surface area contributed by atoms with Gasteiger partial charge in [0.25, 0.3) is 0 Å². The molecule has 3 aromatic rings. The summed E-state index contributed by atoms with van der Waals surface area (Å²) in [4.78, 5) is 33.9. The van der Waals surface area contributed by atoms with E-state index in [0.717, 1.165) is 6.20 Å². The molecule has 3 aromatic heterocycles. The fraction of sp³-hybridized carbons (Fsp3) is 0.294. The molecule has 4 heterocycles. The molecule has 152 valence electrons. The molecule has 1 saturated heterocycles. The summed E-state index contributed by atoms with van der Waals surface area (Å²) in [6.07, 6.45) is -1.80. The zero-order valence-corrected chi connectivity index (χ0v) is 15.4. The van der Waals surface area contributed by atoms with Gasteiger partial charge in [0.2, 0.25) is 5.43 Å². The highest BCUT2D eigenvalue weighted by atomic mass is 32.1. The Hall–Kier alpha value is -2.99. The van der Waals surface area contributed by atoms with Crippen molar-refractivity contribution >= 4 is 34.2 Å². The Morgan fingerprint density at radius 1 is 1.31 bits per heavy atom. The molecule has 1 fully saturated rings. The zero-order valence-electron chi connectivity index (χ0n) is 14.6. The van der Waals surface area contributed by atoms with Gasteiger partial charge in [0.05, 0.1) is 11.3 Å². The molecular formula is C17H14F3N5O3S. The summed E-state index contributed by atoms with van der Waals surface area (Å²) in [6.45, 7) is -0.394. The Morgan fingerprint density at radius 3 is 2.66 bits per heavy atom. The van der Waals surface area contributed by atoms with E-state index >= 15 is 0 Å². The molecule has 29 heavy (non-hydrogen) atoms. The van der Waals surface area contributed by atoms with Crippen LogP contribution in [-0.2, 0) is 0 Å². The molecule has 12 heteroatoms. The van der Waals surface area contributed by atoms with Gasteiger partial charge in [-0.3, -0.25) is 9.36 Å². The van der Waals surface area contributed by atoms with Crippen LogP contribution in [0.15, 0.2) is 34.7 Å². The fourth-order valence-corrected chi connectivity index (χ4v) is 3.98. The van der Waals surface area contributed by atoms with E-state index in [1.165, 1.54) is 39.1 Å². The highest BCUT2D eigenvalue weighted by Crippen LogP contribution is 2.35. The number of nitrogens with zero attached hydrogens (tertiary/aromatic N) is 4. The lowest BCUT2D eigenvalue weighted by Crippen LogP contribution is -2.38. The third-order valence-electron chi connectivity index (χ3n) is 4.80. The number of hydrogen-bond acceptors (Lipinski definition) is 7. The number of halogens is 3. The summed E-state index contributed by atoms with van der Waals surface area (Å²) in [5, 5.41) is 11.4. The average Bonchev–Trinajstić information content (AvgIpc) is 3.31. The highest BCUT2D eigenvalue weighted by Gasteiger charge is 2.48. The van der Waals surface area contributed by atoms with Crippen molar-refractivity contribution in [3.63, 3.8) is 0 Å². The van der Waals surface area contributed by atoms with Gasteiger partial charge in [0, 0.05) is 36.9 Å². The van der Waals surface area contributed by atoms with Crippen molar-refractivity contribution in [2.45, 2.75) is 12.2 Å². The predicted octanol–water partition coefficient (Wildman–Crippen LogP) is 1.87. The van der Waals surface area contributed by atoms with E-state index in [0.29, 0.717) is 5.13 Å². The molecule has 0 bridgehead atoms. The summed E-state index contributed by atoms with van der Waals surface area (Å²) in [5.41, 5.74) is 4.59. The average molecular weight is 425 g/mol. The molecule has 3 N–H and O–H groups in total. The van der Waals surface area contributed by atoms with Gasteiger partial charge in [-0.2, -0.15) is 13.2 Å². The number of rotatable bonds is 3. The maximum atomic E-state index is 13.1. The lowest BCUT2D eigenvalue weighted by molar-refractivity contribution is -0.171. The number of nitrogens with two attached hydrogens (primary N) is 1. The van der Waals surface area contributed by atoms with Crippen molar-refractivity contribution in [3.8, 4) is 5.13 Å². The van der Waals surface area contributed by atoms with Gasteiger partial charge in [-0.1, -0.05) is 0 Å². The van der Waals surface area contributed by atoms with E-state index in [2.05, 4.69) is 9.97 Å². The number of alkyl halides is 3. The van der Waals surface area contributed by atoms with Crippen LogP contribution in [0.3, 0.4) is 0 Å². The van der Waals surface area contributed by atoms with Gasteiger partial charge in [0.1, 0.15) is 11.4 Å². The molecule has 0 amide bonds. The van der Waals surface area contributed by atoms with Crippen LogP contribution >= 0.6 is 11.3 Å². The molecule has 0 saturated carbocycles. The summed E-state index contributed by atoms with van der Waals surface area (Å²) < 4.78 is 40.8. The minimum absolute atomic E-state index is 0.0275. The Kier molecular flexibility index (Phi) is 4.54. The van der Waals surface area contributed by atoms with Gasteiger partial charge in [-0.05, 0) is 12.1 Å². The third kappa shape index (κ3) is 3.34. The quantitative estimate of drug-likeness (QED) is 0.658. The second-order valence-electron chi connectivity index (χ2n) is 6.62. The first kappa shape index (κ1) is 19.3. The number of carbonyl (C=O) groups is 1. The SMILES string of the molecule is NC1CN(c2ccc3c(=O)c(C(=O)O)cn(-c4nccs4)c3n2)CC1C(F)(F)F. The number of carboxylic acids is 1. The topological polar surface area (TPSA) is 114 Å². The van der Waals surface area contributed by atoms with E-state index in [9.17, 15) is 27.9 Å². The second kappa shape index (κ2) is 6.81. The second-order valence-corrected chi connectivity index (χ2v) is 7.49. The monoisotopic (exact) mass is 425 g/mol. The van der Waals surface area contributed by atoms with Gasteiger partial charge >= 0.3 is 12.1 Å². The summed E-state index contributed by atoms with van der Waals surface area (Å²) >= 11 is 1.19. The van der Waals surface area contributed by atoms with Crippen LogP contribution in [-0.4, -0.2) is 50.9 Å². The molecule has 8 nitrogen and oxygen atoms in total. The maximum absolute atomic E-state index is 13.1. The first-order valence-electron chi connectivity index (χ1n) is 8.43. The maximum Gasteiger partial charge on any atom is 0.395 e. The first-order chi connectivity index (χ1) is 13.7. The number of carboxylic acid groups (broad SMARTS) is 1. The van der Waals surface area contributed by atoms with Crippen LogP contribution in [0.25, 0.3) is 16.2 Å². The van der Waals surface area contributed by atoms with E-state index in [4.69, 9.17) is 5.73 Å². The van der Waals surface area contributed by atoms with Gasteiger partial charge in [-0.25, -0.2) is 14.8 Å². The predicted molar refractivity (Wildman–Crippen MR) is 99.7 cm³/mol. The minimum Gasteiger partial charge on any atom is -0.477 e. The standard InChI is InChI=1S/C17H14F3N5O3S/c18-17(19,20)10-6-24(7-11(10)21)12-2-1-8-13(26)9(15(27)28)5-25(14(8)23-12)16-22-3-4-29-16/h1-5,10-11H,6-7,21H2,(H,27,28). The van der Waals surface area contributed by atoms with Crippen molar-refractivity contribution in [1.82, 2.24) is 14.5 Å². The van der Waals surface area contributed by atoms with Crippen LogP contribution < -0.4 is 16.1 Å². The van der Waals surface area contributed by atoms with Crippen molar-refractivity contribution in [2.75, 3.05) is 18.0 Å². The van der Waals surface area contributed by atoms with Crippen LogP contribution in [0.2, 0.25) is 0 Å². The number of fused-ring (bicyclic) bond motifs is 1. The van der Waals surface area contributed by atoms with Crippen LogP contribution in [0.4, 0.5) is 19.0 Å². The Bertz CT molecular complexity index is 1150. The van der Waals surface area contributed by atoms with Crippen molar-refractivity contribution in [1.29, 1.82) is 0 Å². The number of hydrogen-bond donors (Lipinski definition) is 2. The lowest BCUT2D eigenvalue weighted by atomic mass is 10.1. The summed E-state index contributed by atoms with van der Waals surface area (Å²) in [6, 6.07) is 1.67. The van der Waals surface area contributed by atoms with Crippen LogP contribution in [0, 0.1) is 5.92 Å². The number of aromatic nitrogens is 3. The van der Waals surface area contributed by atoms with Crippen molar-refractivity contribution < 1.29 is 23.1 Å². The first-order valence-corrected chi connectivity index (χ1v) is 9.31. The molecule has 2 unspecified atom stereocenters. The normalized spacial score (nSPS) is 19.8. The van der Waals surface area contributed by atoms with Crippen LogP contribution in [0.1, 0.15) is 10.4 Å². The number of aromatic carboxylic acids is 1. The van der Waals surface area contributed by atoms with E-state index in [1.54, 1.807) is 5.38 Å². The lowest BCUT2D eigenvalue weighted by Gasteiger charge is -2.19. The molecule has 0 aliphatic carbocycles. The number of pyridine rings is 2. The summed E-state index contributed by atoms with van der Waals surface area (Å²) in [5.74, 6) is -2.87. The molecule has 4 rings (SSSR count). The van der Waals surface area contributed by atoms with Gasteiger partial charge < -0.3 is 15.7 Å². The number of thiazole rings is 1. The molecule has 1 aliphatic heterocycles. The molecule has 1 aliphatic rings. The molecule has 0 radical (unpaired) electrons. The molecular weight excluding hydrogens is 411 g/mol. The minimum atomic E-state index is -4.43. The highest BCUT2D eigenvalue weighted by molar-refractivity contribution is 7.12. The van der Waals surface area contributed by atoms with Crippen molar-refractivity contribution in [2.24, 2.45) is 11.7 Å². The Balaban J connectivity index is 1.86. The molecule has 2 atom stereocenters.